The Bertz CT molecular complexity index is 1280. The minimum absolute atomic E-state index is 0.0673. The number of rotatable bonds is 7. The maximum Gasteiger partial charge on any atom is 0.256 e. The van der Waals surface area contributed by atoms with Crippen LogP contribution in [-0.2, 0) is 16.0 Å². The lowest BCUT2D eigenvalue weighted by Crippen LogP contribution is -2.39. The minimum atomic E-state index is -0.755. The average molecular weight is 547 g/mol. The van der Waals surface area contributed by atoms with Gasteiger partial charge >= 0.3 is 0 Å². The van der Waals surface area contributed by atoms with Crippen molar-refractivity contribution in [2.45, 2.75) is 25.8 Å². The Morgan fingerprint density at radius 2 is 1.71 bits per heavy atom. The van der Waals surface area contributed by atoms with Gasteiger partial charge in [0.05, 0.1) is 12.1 Å². The number of thiocarbonyl (C=S) groups is 1. The number of carbonyl (C=O) groups is 2. The van der Waals surface area contributed by atoms with Crippen LogP contribution < -0.4 is 10.2 Å². The number of nitrogens with one attached hydrogen (secondary N) is 1. The summed E-state index contributed by atoms with van der Waals surface area (Å²) >= 11 is 24.1. The van der Waals surface area contributed by atoms with Gasteiger partial charge in [0, 0.05) is 27.3 Å². The van der Waals surface area contributed by atoms with Crippen molar-refractivity contribution in [3.8, 4) is 0 Å². The van der Waals surface area contributed by atoms with Gasteiger partial charge in [-0.3, -0.25) is 14.5 Å². The Balaban J connectivity index is 1.57. The van der Waals surface area contributed by atoms with Gasteiger partial charge < -0.3 is 10.2 Å². The maximum atomic E-state index is 13.5. The fraction of sp³-hybridized carbons (Fsp3) is 0.192. The molecular formula is C26H22Cl3N3O2S. The third-order valence-corrected chi connectivity index (χ3v) is 6.97. The minimum Gasteiger partial charge on any atom is -0.336 e. The predicted octanol–water partition coefficient (Wildman–Crippen LogP) is 6.53. The molecular weight excluding hydrogens is 525 g/mol. The first kappa shape index (κ1) is 25.5. The van der Waals surface area contributed by atoms with Crippen molar-refractivity contribution in [1.82, 2.24) is 4.90 Å². The number of halogens is 3. The smallest absolute Gasteiger partial charge is 0.256 e. The molecule has 0 saturated carbocycles. The number of nitrogens with zero attached hydrogens (tertiary/aromatic N) is 2. The summed E-state index contributed by atoms with van der Waals surface area (Å²) in [5, 5.41) is 4.76. The average Bonchev–Trinajstić information content (AvgIpc) is 3.03. The van der Waals surface area contributed by atoms with Gasteiger partial charge in [0.15, 0.2) is 5.11 Å². The van der Waals surface area contributed by atoms with Gasteiger partial charge in [-0.1, -0.05) is 64.6 Å². The maximum absolute atomic E-state index is 13.5. The summed E-state index contributed by atoms with van der Waals surface area (Å²) in [4.78, 5) is 29.7. The van der Waals surface area contributed by atoms with E-state index < -0.39 is 6.04 Å². The molecule has 0 aromatic heterocycles. The van der Waals surface area contributed by atoms with Crippen molar-refractivity contribution in [3.63, 3.8) is 0 Å². The summed E-state index contributed by atoms with van der Waals surface area (Å²) in [6.45, 7) is 2.38. The molecule has 4 rings (SSSR count). The number of hydrogen-bond donors (Lipinski definition) is 1. The molecule has 1 fully saturated rings. The van der Waals surface area contributed by atoms with Gasteiger partial charge in [0.1, 0.15) is 6.04 Å². The highest BCUT2D eigenvalue weighted by Crippen LogP contribution is 2.29. The Kier molecular flexibility index (Phi) is 7.97. The highest BCUT2D eigenvalue weighted by Gasteiger charge is 2.43. The standard InChI is InChI=1S/C26H22Cl3N3O2S/c1-16-5-9-21(10-6-16)32-25(34)23(15-24(33)30-20-4-2-3-18(27)13-20)31(26(32)35)12-11-17-7-8-19(28)14-22(17)29/h2-10,13-14,23H,11-12,15H2,1H3,(H,30,33)/t23-/m1/s1. The fourth-order valence-electron chi connectivity index (χ4n) is 3.94. The third-order valence-electron chi connectivity index (χ3n) is 5.74. The van der Waals surface area contributed by atoms with E-state index in [4.69, 9.17) is 47.0 Å². The van der Waals surface area contributed by atoms with E-state index in [0.29, 0.717) is 44.5 Å². The lowest BCUT2D eigenvalue weighted by atomic mass is 10.1. The molecule has 1 aliphatic heterocycles. The highest BCUT2D eigenvalue weighted by atomic mass is 35.5. The van der Waals surface area contributed by atoms with Gasteiger partial charge in [0.25, 0.3) is 5.91 Å². The molecule has 5 nitrogen and oxygen atoms in total. The first-order valence-electron chi connectivity index (χ1n) is 10.9. The summed E-state index contributed by atoms with van der Waals surface area (Å²) in [5.41, 5.74) is 3.17. The molecule has 1 saturated heterocycles. The molecule has 2 amide bonds. The molecule has 3 aromatic carbocycles. The Labute approximate surface area is 224 Å². The number of carbonyl (C=O) groups excluding carboxylic acids is 2. The number of amides is 2. The molecule has 35 heavy (non-hydrogen) atoms. The molecule has 0 bridgehead atoms. The lowest BCUT2D eigenvalue weighted by Gasteiger charge is -2.24. The van der Waals surface area contributed by atoms with Crippen molar-refractivity contribution >= 4 is 75.3 Å². The van der Waals surface area contributed by atoms with E-state index in [9.17, 15) is 9.59 Å². The van der Waals surface area contributed by atoms with Gasteiger partial charge in [0.2, 0.25) is 5.91 Å². The third kappa shape index (κ3) is 5.96. The van der Waals surface area contributed by atoms with Crippen LogP contribution in [0.5, 0.6) is 0 Å². The summed E-state index contributed by atoms with van der Waals surface area (Å²) in [6.07, 6.45) is 0.458. The molecule has 3 aromatic rings. The first-order valence-corrected chi connectivity index (χ1v) is 12.5. The molecule has 1 atom stereocenters. The van der Waals surface area contributed by atoms with E-state index in [1.165, 1.54) is 4.90 Å². The number of anilines is 2. The van der Waals surface area contributed by atoms with Crippen LogP contribution in [0.2, 0.25) is 15.1 Å². The predicted molar refractivity (Wildman–Crippen MR) is 147 cm³/mol. The van der Waals surface area contributed by atoms with Crippen LogP contribution in [0.4, 0.5) is 11.4 Å². The summed E-state index contributed by atoms with van der Waals surface area (Å²) in [7, 11) is 0. The highest BCUT2D eigenvalue weighted by molar-refractivity contribution is 7.80. The van der Waals surface area contributed by atoms with Crippen LogP contribution in [0.1, 0.15) is 17.5 Å². The lowest BCUT2D eigenvalue weighted by molar-refractivity contribution is -0.124. The number of benzene rings is 3. The van der Waals surface area contributed by atoms with Crippen molar-refractivity contribution in [3.05, 3.63) is 92.9 Å². The van der Waals surface area contributed by atoms with Gasteiger partial charge in [-0.15, -0.1) is 0 Å². The largest absolute Gasteiger partial charge is 0.336 e. The van der Waals surface area contributed by atoms with Gasteiger partial charge in [-0.05, 0) is 73.6 Å². The van der Waals surface area contributed by atoms with E-state index >= 15 is 0 Å². The van der Waals surface area contributed by atoms with E-state index in [0.717, 1.165) is 11.1 Å². The zero-order chi connectivity index (χ0) is 25.1. The molecule has 0 unspecified atom stereocenters. The zero-order valence-electron chi connectivity index (χ0n) is 18.8. The van der Waals surface area contributed by atoms with Crippen molar-refractivity contribution in [1.29, 1.82) is 0 Å². The fourth-order valence-corrected chi connectivity index (χ4v) is 5.05. The summed E-state index contributed by atoms with van der Waals surface area (Å²) < 4.78 is 0. The molecule has 1 N–H and O–H groups in total. The van der Waals surface area contributed by atoms with E-state index in [2.05, 4.69) is 5.32 Å². The number of aryl methyl sites for hydroxylation is 1. The SMILES string of the molecule is Cc1ccc(N2C(=O)[C@@H](CC(=O)Nc3cccc(Cl)c3)N(CCc3ccc(Cl)cc3Cl)C2=S)cc1. The summed E-state index contributed by atoms with van der Waals surface area (Å²) in [6, 6.07) is 18.9. The van der Waals surface area contributed by atoms with Crippen molar-refractivity contribution in [2.75, 3.05) is 16.8 Å². The van der Waals surface area contributed by atoms with E-state index in [-0.39, 0.29) is 18.2 Å². The topological polar surface area (TPSA) is 52.7 Å². The zero-order valence-corrected chi connectivity index (χ0v) is 21.9. The van der Waals surface area contributed by atoms with Crippen molar-refractivity contribution in [2.24, 2.45) is 0 Å². The quantitative estimate of drug-likeness (QED) is 0.342. The normalized spacial score (nSPS) is 15.6. The molecule has 9 heteroatoms. The molecule has 1 aliphatic rings. The van der Waals surface area contributed by atoms with Crippen LogP contribution in [0.25, 0.3) is 0 Å². The van der Waals surface area contributed by atoms with Crippen molar-refractivity contribution < 1.29 is 9.59 Å². The Hall–Kier alpha value is -2.64. The van der Waals surface area contributed by atoms with Crippen LogP contribution in [0.3, 0.4) is 0 Å². The molecule has 0 radical (unpaired) electrons. The second-order valence-corrected chi connectivity index (χ2v) is 9.89. The van der Waals surface area contributed by atoms with Crippen LogP contribution in [0, 0.1) is 6.92 Å². The second kappa shape index (κ2) is 11.0. The first-order chi connectivity index (χ1) is 16.7. The second-order valence-electron chi connectivity index (χ2n) is 8.25. The van der Waals surface area contributed by atoms with Gasteiger partial charge in [-0.25, -0.2) is 0 Å². The Morgan fingerprint density at radius 3 is 2.40 bits per heavy atom. The van der Waals surface area contributed by atoms with Crippen LogP contribution in [-0.4, -0.2) is 34.4 Å². The van der Waals surface area contributed by atoms with E-state index in [1.807, 2.05) is 37.3 Å². The summed E-state index contributed by atoms with van der Waals surface area (Å²) in [5.74, 6) is -0.559. The molecule has 1 heterocycles. The van der Waals surface area contributed by atoms with Gasteiger partial charge in [-0.2, -0.15) is 0 Å². The van der Waals surface area contributed by atoms with Crippen LogP contribution in [0.15, 0.2) is 66.7 Å². The van der Waals surface area contributed by atoms with Crippen LogP contribution >= 0.6 is 47.0 Å². The van der Waals surface area contributed by atoms with E-state index in [1.54, 1.807) is 41.3 Å². The molecule has 0 spiro atoms. The molecule has 0 aliphatic carbocycles. The molecule has 180 valence electrons. The number of hydrogen-bond acceptors (Lipinski definition) is 3. The monoisotopic (exact) mass is 545 g/mol. The Morgan fingerprint density at radius 1 is 1.00 bits per heavy atom.